The molecule has 1 saturated carbocycles. The Bertz CT molecular complexity index is 605. The van der Waals surface area contributed by atoms with Crippen LogP contribution in [0.4, 0.5) is 0 Å². The molecule has 1 aromatic carbocycles. The van der Waals surface area contributed by atoms with Gasteiger partial charge in [0, 0.05) is 28.4 Å². The summed E-state index contributed by atoms with van der Waals surface area (Å²) in [7, 11) is 0. The number of hydrogen-bond acceptors (Lipinski definition) is 3. The zero-order valence-corrected chi connectivity index (χ0v) is 14.8. The van der Waals surface area contributed by atoms with E-state index in [0.29, 0.717) is 0 Å². The molecule has 0 atom stereocenters. The summed E-state index contributed by atoms with van der Waals surface area (Å²) in [5.74, 6) is 0. The first-order chi connectivity index (χ1) is 10.3. The zero-order valence-electron chi connectivity index (χ0n) is 12.4. The van der Waals surface area contributed by atoms with Crippen molar-refractivity contribution in [2.75, 3.05) is 0 Å². The topological polar surface area (TPSA) is 24.9 Å². The molecular weight excluding hydrogens is 344 g/mol. The van der Waals surface area contributed by atoms with E-state index in [2.05, 4.69) is 52.4 Å². The summed E-state index contributed by atoms with van der Waals surface area (Å²) < 4.78 is 1.18. The molecule has 3 rings (SSSR count). The number of thiazole rings is 1. The van der Waals surface area contributed by atoms with E-state index in [1.807, 2.05) is 11.3 Å². The molecule has 0 spiro atoms. The van der Waals surface area contributed by atoms with Crippen LogP contribution in [0.2, 0.25) is 0 Å². The van der Waals surface area contributed by atoms with E-state index in [4.69, 9.17) is 4.98 Å². The van der Waals surface area contributed by atoms with Crippen molar-refractivity contribution in [1.82, 2.24) is 10.3 Å². The Kier molecular flexibility index (Phi) is 5.09. The average Bonchev–Trinajstić information content (AvgIpc) is 3.23. The van der Waals surface area contributed by atoms with Gasteiger partial charge >= 0.3 is 0 Å². The summed E-state index contributed by atoms with van der Waals surface area (Å²) in [6.45, 7) is 3.22. The van der Waals surface area contributed by atoms with Crippen molar-refractivity contribution in [1.29, 1.82) is 0 Å². The molecule has 1 fully saturated rings. The van der Waals surface area contributed by atoms with Gasteiger partial charge in [-0.1, -0.05) is 47.5 Å². The van der Waals surface area contributed by atoms with Crippen LogP contribution >= 0.6 is 27.3 Å². The van der Waals surface area contributed by atoms with Crippen LogP contribution in [0.3, 0.4) is 0 Å². The first-order valence-electron chi connectivity index (χ1n) is 7.70. The Hall–Kier alpha value is -0.710. The van der Waals surface area contributed by atoms with Crippen molar-refractivity contribution in [3.8, 4) is 0 Å². The maximum atomic E-state index is 4.89. The van der Waals surface area contributed by atoms with Crippen LogP contribution in [-0.4, -0.2) is 11.0 Å². The molecule has 21 heavy (non-hydrogen) atoms. The van der Waals surface area contributed by atoms with E-state index in [-0.39, 0.29) is 0 Å². The van der Waals surface area contributed by atoms with Crippen LogP contribution in [0.1, 0.15) is 47.3 Å². The Morgan fingerprint density at radius 3 is 2.86 bits per heavy atom. The van der Waals surface area contributed by atoms with Gasteiger partial charge in [-0.3, -0.25) is 0 Å². The van der Waals surface area contributed by atoms with Crippen molar-refractivity contribution in [3.05, 3.63) is 49.9 Å². The SMILES string of the molecule is CCCc1nc(Cc2ccccc2Br)sc1CNC1CC1. The van der Waals surface area contributed by atoms with Gasteiger partial charge in [-0.15, -0.1) is 11.3 Å². The monoisotopic (exact) mass is 364 g/mol. The summed E-state index contributed by atoms with van der Waals surface area (Å²) in [6.07, 6.45) is 5.85. The molecule has 4 heteroatoms. The van der Waals surface area contributed by atoms with Crippen molar-refractivity contribution in [2.45, 2.75) is 51.6 Å². The lowest BCUT2D eigenvalue weighted by Gasteiger charge is -2.01. The van der Waals surface area contributed by atoms with Gasteiger partial charge in [-0.05, 0) is 30.9 Å². The molecule has 1 N–H and O–H groups in total. The number of rotatable bonds is 7. The predicted molar refractivity (Wildman–Crippen MR) is 92.9 cm³/mol. The number of halogens is 1. The maximum absolute atomic E-state index is 4.89. The standard InChI is InChI=1S/C17H21BrN2S/c1-2-5-15-16(11-19-13-8-9-13)21-17(20-15)10-12-6-3-4-7-14(12)18/h3-4,6-7,13,19H,2,5,8-11H2,1H3. The Labute approximate surface area is 139 Å². The number of nitrogens with one attached hydrogen (secondary N) is 1. The second kappa shape index (κ2) is 7.03. The Morgan fingerprint density at radius 2 is 2.14 bits per heavy atom. The summed E-state index contributed by atoms with van der Waals surface area (Å²) in [5, 5.41) is 4.86. The third-order valence-corrected chi connectivity index (χ3v) is 5.61. The highest BCUT2D eigenvalue weighted by molar-refractivity contribution is 9.10. The minimum absolute atomic E-state index is 0.758. The maximum Gasteiger partial charge on any atom is 0.0975 e. The zero-order chi connectivity index (χ0) is 14.7. The minimum atomic E-state index is 0.758. The highest BCUT2D eigenvalue weighted by Gasteiger charge is 2.21. The number of benzene rings is 1. The van der Waals surface area contributed by atoms with Crippen LogP contribution < -0.4 is 5.32 Å². The van der Waals surface area contributed by atoms with Crippen LogP contribution in [0.5, 0.6) is 0 Å². The first-order valence-corrected chi connectivity index (χ1v) is 9.31. The largest absolute Gasteiger partial charge is 0.309 e. The fourth-order valence-corrected chi connectivity index (χ4v) is 3.93. The lowest BCUT2D eigenvalue weighted by Crippen LogP contribution is -2.15. The predicted octanol–water partition coefficient (Wildman–Crippen LogP) is 4.70. The number of nitrogens with zero attached hydrogens (tertiary/aromatic N) is 1. The summed E-state index contributed by atoms with van der Waals surface area (Å²) in [5.41, 5.74) is 2.62. The molecule has 2 aromatic rings. The molecule has 1 heterocycles. The smallest absolute Gasteiger partial charge is 0.0975 e. The summed E-state index contributed by atoms with van der Waals surface area (Å²) in [4.78, 5) is 6.33. The average molecular weight is 365 g/mol. The van der Waals surface area contributed by atoms with Crippen LogP contribution in [0, 0.1) is 0 Å². The number of hydrogen-bond donors (Lipinski definition) is 1. The van der Waals surface area contributed by atoms with Gasteiger partial charge in [0.2, 0.25) is 0 Å². The van der Waals surface area contributed by atoms with E-state index < -0.39 is 0 Å². The summed E-state index contributed by atoms with van der Waals surface area (Å²) in [6, 6.07) is 9.19. The van der Waals surface area contributed by atoms with Gasteiger partial charge in [0.05, 0.1) is 10.7 Å². The van der Waals surface area contributed by atoms with Crippen LogP contribution in [0.15, 0.2) is 28.7 Å². The molecular formula is C17H21BrN2S. The normalized spacial score (nSPS) is 14.6. The van der Waals surface area contributed by atoms with Crippen LogP contribution in [-0.2, 0) is 19.4 Å². The molecule has 0 radical (unpaired) electrons. The van der Waals surface area contributed by atoms with Crippen molar-refractivity contribution in [3.63, 3.8) is 0 Å². The van der Waals surface area contributed by atoms with Gasteiger partial charge in [0.1, 0.15) is 0 Å². The fourth-order valence-electron chi connectivity index (χ4n) is 2.41. The molecule has 1 aliphatic rings. The highest BCUT2D eigenvalue weighted by Crippen LogP contribution is 2.27. The Morgan fingerprint density at radius 1 is 1.33 bits per heavy atom. The van der Waals surface area contributed by atoms with Crippen LogP contribution in [0.25, 0.3) is 0 Å². The fraction of sp³-hybridized carbons (Fsp3) is 0.471. The van der Waals surface area contributed by atoms with Crippen molar-refractivity contribution < 1.29 is 0 Å². The second-order valence-electron chi connectivity index (χ2n) is 5.65. The minimum Gasteiger partial charge on any atom is -0.309 e. The highest BCUT2D eigenvalue weighted by atomic mass is 79.9. The van der Waals surface area contributed by atoms with Crippen molar-refractivity contribution >= 4 is 27.3 Å². The van der Waals surface area contributed by atoms with Gasteiger partial charge in [0.25, 0.3) is 0 Å². The lowest BCUT2D eigenvalue weighted by atomic mass is 10.1. The molecule has 1 aromatic heterocycles. The van der Waals surface area contributed by atoms with Gasteiger partial charge in [-0.25, -0.2) is 4.98 Å². The van der Waals surface area contributed by atoms with Gasteiger partial charge in [-0.2, -0.15) is 0 Å². The quantitative estimate of drug-likeness (QED) is 0.769. The van der Waals surface area contributed by atoms with Gasteiger partial charge in [0.15, 0.2) is 0 Å². The molecule has 0 aliphatic heterocycles. The van der Waals surface area contributed by atoms with Gasteiger partial charge < -0.3 is 5.32 Å². The third kappa shape index (κ3) is 4.15. The van der Waals surface area contributed by atoms with E-state index in [1.165, 1.54) is 38.5 Å². The second-order valence-corrected chi connectivity index (χ2v) is 7.67. The lowest BCUT2D eigenvalue weighted by molar-refractivity contribution is 0.686. The molecule has 0 saturated heterocycles. The summed E-state index contributed by atoms with van der Waals surface area (Å²) >= 11 is 5.51. The van der Waals surface area contributed by atoms with Crippen molar-refractivity contribution in [2.24, 2.45) is 0 Å². The molecule has 0 unspecified atom stereocenters. The van der Waals surface area contributed by atoms with E-state index in [1.54, 1.807) is 0 Å². The molecule has 2 nitrogen and oxygen atoms in total. The van der Waals surface area contributed by atoms with E-state index in [9.17, 15) is 0 Å². The molecule has 0 amide bonds. The molecule has 112 valence electrons. The Balaban J connectivity index is 1.74. The number of aromatic nitrogens is 1. The number of aryl methyl sites for hydroxylation is 1. The third-order valence-electron chi connectivity index (χ3n) is 3.74. The molecule has 1 aliphatic carbocycles. The van der Waals surface area contributed by atoms with E-state index in [0.717, 1.165) is 31.8 Å². The van der Waals surface area contributed by atoms with E-state index >= 15 is 0 Å². The molecule has 0 bridgehead atoms. The first kappa shape index (κ1) is 15.2.